The summed E-state index contributed by atoms with van der Waals surface area (Å²) in [7, 11) is 0. The number of hydrogen-bond donors (Lipinski definition) is 6. The molecule has 0 saturated heterocycles. The second-order valence-electron chi connectivity index (χ2n) is 7.17. The van der Waals surface area contributed by atoms with Crippen LogP contribution in [0.5, 0.6) is 17.2 Å². The first-order chi connectivity index (χ1) is 14.8. The highest BCUT2D eigenvalue weighted by Gasteiger charge is 2.23. The van der Waals surface area contributed by atoms with Crippen LogP contribution < -0.4 is 10.6 Å². The number of phenolic OH excluding ortho intramolecular Hbond substituents is 3. The first kappa shape index (κ1) is 21.7. The zero-order chi connectivity index (χ0) is 22.4. The molecule has 9 heteroatoms. The van der Waals surface area contributed by atoms with E-state index in [1.54, 1.807) is 25.3 Å². The van der Waals surface area contributed by atoms with Gasteiger partial charge in [0.25, 0.3) is 5.91 Å². The van der Waals surface area contributed by atoms with Crippen molar-refractivity contribution in [1.29, 1.82) is 0 Å². The summed E-state index contributed by atoms with van der Waals surface area (Å²) in [6.07, 6.45) is 3.80. The van der Waals surface area contributed by atoms with Crippen LogP contribution in [0.4, 0.5) is 0 Å². The molecule has 0 unspecified atom stereocenters. The molecule has 0 saturated carbocycles. The van der Waals surface area contributed by atoms with Crippen molar-refractivity contribution in [2.24, 2.45) is 0 Å². The van der Waals surface area contributed by atoms with Gasteiger partial charge in [-0.05, 0) is 48.7 Å². The van der Waals surface area contributed by atoms with E-state index in [9.17, 15) is 24.9 Å². The second kappa shape index (κ2) is 9.66. The fourth-order valence-electron chi connectivity index (χ4n) is 3.06. The normalized spacial score (nSPS) is 11.6. The molecule has 3 rings (SSSR count). The predicted octanol–water partition coefficient (Wildman–Crippen LogP) is 1.53. The van der Waals surface area contributed by atoms with Gasteiger partial charge in [-0.15, -0.1) is 0 Å². The summed E-state index contributed by atoms with van der Waals surface area (Å²) in [4.78, 5) is 32.2. The summed E-state index contributed by atoms with van der Waals surface area (Å²) in [6.45, 7) is 2.15. The SMILES string of the molecule is Cc1cc(CCNC(=O)[C@H](Cc2cnc[nH]2)NC(=O)c2ccc(O)c(O)c2)ccc1O. The molecule has 1 aromatic heterocycles. The number of imidazole rings is 1. The smallest absolute Gasteiger partial charge is 0.252 e. The molecular formula is C22H24N4O5. The Morgan fingerprint density at radius 3 is 2.52 bits per heavy atom. The molecule has 0 aliphatic rings. The van der Waals surface area contributed by atoms with Gasteiger partial charge in [0.05, 0.1) is 6.33 Å². The number of aromatic nitrogens is 2. The van der Waals surface area contributed by atoms with E-state index in [4.69, 9.17) is 0 Å². The van der Waals surface area contributed by atoms with Crippen molar-refractivity contribution in [1.82, 2.24) is 20.6 Å². The molecule has 1 heterocycles. The van der Waals surface area contributed by atoms with Gasteiger partial charge in [0, 0.05) is 30.4 Å². The summed E-state index contributed by atoms with van der Waals surface area (Å²) < 4.78 is 0. The van der Waals surface area contributed by atoms with Crippen molar-refractivity contribution in [3.63, 3.8) is 0 Å². The number of aryl methyl sites for hydroxylation is 1. The summed E-state index contributed by atoms with van der Waals surface area (Å²) in [5.74, 6) is -1.49. The average Bonchev–Trinajstić information content (AvgIpc) is 3.25. The second-order valence-corrected chi connectivity index (χ2v) is 7.17. The maximum Gasteiger partial charge on any atom is 0.252 e. The van der Waals surface area contributed by atoms with Crippen molar-refractivity contribution in [3.8, 4) is 17.2 Å². The predicted molar refractivity (Wildman–Crippen MR) is 113 cm³/mol. The van der Waals surface area contributed by atoms with E-state index in [1.165, 1.54) is 18.5 Å². The van der Waals surface area contributed by atoms with E-state index in [1.807, 2.05) is 6.07 Å². The number of amides is 2. The van der Waals surface area contributed by atoms with Crippen molar-refractivity contribution in [2.45, 2.75) is 25.8 Å². The van der Waals surface area contributed by atoms with Gasteiger partial charge in [0.1, 0.15) is 11.8 Å². The van der Waals surface area contributed by atoms with Crippen LogP contribution in [0, 0.1) is 6.92 Å². The Balaban J connectivity index is 1.65. The van der Waals surface area contributed by atoms with Crippen LogP contribution in [0.25, 0.3) is 0 Å². The van der Waals surface area contributed by atoms with Gasteiger partial charge < -0.3 is 30.9 Å². The molecule has 0 fully saturated rings. The lowest BCUT2D eigenvalue weighted by Gasteiger charge is -2.18. The summed E-state index contributed by atoms with van der Waals surface area (Å²) in [6, 6.07) is 8.05. The van der Waals surface area contributed by atoms with E-state index < -0.39 is 17.7 Å². The number of nitrogens with zero attached hydrogens (tertiary/aromatic N) is 1. The Morgan fingerprint density at radius 1 is 1.06 bits per heavy atom. The van der Waals surface area contributed by atoms with Gasteiger partial charge in [-0.3, -0.25) is 9.59 Å². The summed E-state index contributed by atoms with van der Waals surface area (Å²) >= 11 is 0. The van der Waals surface area contributed by atoms with Gasteiger partial charge in [-0.1, -0.05) is 12.1 Å². The summed E-state index contributed by atoms with van der Waals surface area (Å²) in [5.41, 5.74) is 2.50. The molecule has 3 aromatic rings. The Morgan fingerprint density at radius 2 is 1.84 bits per heavy atom. The molecule has 0 radical (unpaired) electrons. The monoisotopic (exact) mass is 424 g/mol. The molecule has 2 aromatic carbocycles. The zero-order valence-corrected chi connectivity index (χ0v) is 16.9. The number of H-pyrrole nitrogens is 1. The number of nitrogens with one attached hydrogen (secondary N) is 3. The quantitative estimate of drug-likeness (QED) is 0.302. The highest BCUT2D eigenvalue weighted by Crippen LogP contribution is 2.24. The Labute approximate surface area is 178 Å². The molecule has 6 N–H and O–H groups in total. The van der Waals surface area contributed by atoms with Crippen molar-refractivity contribution >= 4 is 11.8 Å². The van der Waals surface area contributed by atoms with Gasteiger partial charge in [-0.25, -0.2) is 4.98 Å². The van der Waals surface area contributed by atoms with Crippen LogP contribution in [0.3, 0.4) is 0 Å². The lowest BCUT2D eigenvalue weighted by Crippen LogP contribution is -2.48. The Bertz CT molecular complexity index is 1070. The fraction of sp³-hybridized carbons (Fsp3) is 0.227. The van der Waals surface area contributed by atoms with E-state index in [2.05, 4.69) is 20.6 Å². The number of carbonyl (C=O) groups excluding carboxylic acids is 2. The van der Waals surface area contributed by atoms with Gasteiger partial charge in [0.2, 0.25) is 5.91 Å². The number of aromatic hydroxyl groups is 3. The number of phenols is 3. The number of carbonyl (C=O) groups is 2. The third-order valence-electron chi connectivity index (χ3n) is 4.81. The molecule has 31 heavy (non-hydrogen) atoms. The Hall–Kier alpha value is -4.01. The lowest BCUT2D eigenvalue weighted by atomic mass is 10.1. The maximum absolute atomic E-state index is 12.8. The topological polar surface area (TPSA) is 148 Å². The minimum absolute atomic E-state index is 0.109. The zero-order valence-electron chi connectivity index (χ0n) is 16.9. The first-order valence-electron chi connectivity index (χ1n) is 9.70. The van der Waals surface area contributed by atoms with Crippen LogP contribution in [0.2, 0.25) is 0 Å². The van der Waals surface area contributed by atoms with Gasteiger partial charge in [-0.2, -0.15) is 0 Å². The van der Waals surface area contributed by atoms with E-state index in [0.717, 1.165) is 17.2 Å². The van der Waals surface area contributed by atoms with Crippen molar-refractivity contribution in [2.75, 3.05) is 6.54 Å². The maximum atomic E-state index is 12.8. The van der Waals surface area contributed by atoms with Crippen LogP contribution in [0.1, 0.15) is 27.2 Å². The Kier molecular flexibility index (Phi) is 6.76. The lowest BCUT2D eigenvalue weighted by molar-refractivity contribution is -0.122. The molecule has 0 aliphatic heterocycles. The molecule has 9 nitrogen and oxygen atoms in total. The molecule has 0 bridgehead atoms. The van der Waals surface area contributed by atoms with E-state index in [-0.39, 0.29) is 29.4 Å². The van der Waals surface area contributed by atoms with Crippen molar-refractivity contribution in [3.05, 3.63) is 71.3 Å². The van der Waals surface area contributed by atoms with Crippen LogP contribution in [-0.2, 0) is 17.6 Å². The molecule has 0 spiro atoms. The molecule has 1 atom stereocenters. The van der Waals surface area contributed by atoms with E-state index >= 15 is 0 Å². The molecule has 0 aliphatic carbocycles. The molecule has 2 amide bonds. The summed E-state index contributed by atoms with van der Waals surface area (Å²) in [5, 5.41) is 34.1. The van der Waals surface area contributed by atoms with Crippen LogP contribution in [-0.4, -0.2) is 49.7 Å². The van der Waals surface area contributed by atoms with E-state index in [0.29, 0.717) is 18.7 Å². The van der Waals surface area contributed by atoms with Crippen LogP contribution in [0.15, 0.2) is 48.9 Å². The minimum atomic E-state index is -0.884. The minimum Gasteiger partial charge on any atom is -0.508 e. The standard InChI is InChI=1S/C22H24N4O5/c1-13-8-14(2-4-18(13)27)6-7-24-22(31)17(10-16-11-23-12-25-16)26-21(30)15-3-5-19(28)20(29)9-15/h2-5,8-9,11-12,17,27-29H,6-7,10H2,1H3,(H,23,25)(H,24,31)(H,26,30)/t17-/m0/s1. The molecule has 162 valence electrons. The number of hydrogen-bond acceptors (Lipinski definition) is 6. The fourth-order valence-corrected chi connectivity index (χ4v) is 3.06. The average molecular weight is 424 g/mol. The third kappa shape index (κ3) is 5.75. The van der Waals surface area contributed by atoms with Gasteiger partial charge >= 0.3 is 0 Å². The first-order valence-corrected chi connectivity index (χ1v) is 9.70. The highest BCUT2D eigenvalue weighted by atomic mass is 16.3. The van der Waals surface area contributed by atoms with Crippen molar-refractivity contribution < 1.29 is 24.9 Å². The number of benzene rings is 2. The van der Waals surface area contributed by atoms with Crippen LogP contribution >= 0.6 is 0 Å². The highest BCUT2D eigenvalue weighted by molar-refractivity contribution is 5.98. The van der Waals surface area contributed by atoms with Gasteiger partial charge in [0.15, 0.2) is 11.5 Å². The third-order valence-corrected chi connectivity index (χ3v) is 4.81. The number of rotatable bonds is 8. The molecular weight excluding hydrogens is 400 g/mol. The number of aromatic amines is 1. The largest absolute Gasteiger partial charge is 0.508 e.